The lowest BCUT2D eigenvalue weighted by Crippen LogP contribution is -2.39. The molecule has 1 amide bonds. The number of carbonyl (C=O) groups excluding carboxylic acids is 1. The summed E-state index contributed by atoms with van der Waals surface area (Å²) in [6, 6.07) is 11.8. The van der Waals surface area contributed by atoms with Crippen molar-refractivity contribution in [2.75, 3.05) is 26.0 Å². The van der Waals surface area contributed by atoms with E-state index in [1.54, 1.807) is 25.2 Å². The minimum atomic E-state index is -0.256. The summed E-state index contributed by atoms with van der Waals surface area (Å²) in [4.78, 5) is 22.4. The van der Waals surface area contributed by atoms with Crippen molar-refractivity contribution in [2.24, 2.45) is 4.99 Å². The molecule has 2 aromatic rings. The Balaban J connectivity index is 0.00000364. The number of aliphatic imine (C=N–C) groups is 1. The molecule has 1 aromatic heterocycles. The number of nitrogens with one attached hydrogen (secondary N) is 2. The molecule has 6 nitrogen and oxygen atoms in total. The van der Waals surface area contributed by atoms with E-state index in [9.17, 15) is 9.18 Å². The third kappa shape index (κ3) is 7.90. The second-order valence-electron chi connectivity index (χ2n) is 5.92. The van der Waals surface area contributed by atoms with Crippen LogP contribution in [-0.4, -0.2) is 42.4 Å². The monoisotopic (exact) mass is 485 g/mol. The zero-order valence-electron chi connectivity index (χ0n) is 15.7. The third-order valence-corrected chi connectivity index (χ3v) is 3.70. The largest absolute Gasteiger partial charge is 0.356 e. The fourth-order valence-corrected chi connectivity index (χ4v) is 2.43. The van der Waals surface area contributed by atoms with E-state index in [0.29, 0.717) is 31.3 Å². The Hall–Kier alpha value is -2.23. The maximum Gasteiger partial charge on any atom is 0.227 e. The lowest BCUT2D eigenvalue weighted by molar-refractivity contribution is -0.116. The van der Waals surface area contributed by atoms with Crippen LogP contribution < -0.4 is 10.6 Å². The number of nitrogens with zero attached hydrogens (tertiary/aromatic N) is 3. The van der Waals surface area contributed by atoms with Crippen molar-refractivity contribution >= 4 is 41.7 Å². The molecule has 0 aliphatic rings. The van der Waals surface area contributed by atoms with E-state index in [1.165, 1.54) is 12.1 Å². The summed E-state index contributed by atoms with van der Waals surface area (Å²) < 4.78 is 13.0. The molecule has 1 heterocycles. The van der Waals surface area contributed by atoms with Crippen molar-refractivity contribution in [3.8, 4) is 0 Å². The number of aromatic nitrogens is 1. The van der Waals surface area contributed by atoms with Gasteiger partial charge < -0.3 is 15.5 Å². The van der Waals surface area contributed by atoms with Gasteiger partial charge in [-0.2, -0.15) is 0 Å². The Morgan fingerprint density at radius 1 is 1.22 bits per heavy atom. The summed E-state index contributed by atoms with van der Waals surface area (Å²) in [6.45, 7) is 2.90. The van der Waals surface area contributed by atoms with E-state index in [2.05, 4.69) is 20.6 Å². The van der Waals surface area contributed by atoms with Crippen LogP contribution in [-0.2, 0) is 11.3 Å². The molecule has 2 N–H and O–H groups in total. The number of hydrogen-bond donors (Lipinski definition) is 2. The molecule has 0 aliphatic carbocycles. The van der Waals surface area contributed by atoms with Gasteiger partial charge in [0.1, 0.15) is 11.6 Å². The van der Waals surface area contributed by atoms with Gasteiger partial charge in [0.05, 0.1) is 0 Å². The van der Waals surface area contributed by atoms with Crippen LogP contribution in [0.5, 0.6) is 0 Å². The predicted molar refractivity (Wildman–Crippen MR) is 117 cm³/mol. The van der Waals surface area contributed by atoms with Crippen molar-refractivity contribution in [1.29, 1.82) is 0 Å². The molecule has 146 valence electrons. The first-order valence-electron chi connectivity index (χ1n) is 8.37. The zero-order valence-corrected chi connectivity index (χ0v) is 18.0. The number of pyridine rings is 1. The normalized spacial score (nSPS) is 10.7. The molecule has 2 rings (SSSR count). The number of carbonyl (C=O) groups is 1. The summed E-state index contributed by atoms with van der Waals surface area (Å²) in [5.41, 5.74) is 1.82. The fraction of sp³-hybridized carbons (Fsp3) is 0.316. The number of hydrogen-bond acceptors (Lipinski definition) is 3. The molecule has 0 bridgehead atoms. The average Bonchev–Trinajstić information content (AvgIpc) is 2.60. The second kappa shape index (κ2) is 11.5. The Labute approximate surface area is 176 Å². The summed E-state index contributed by atoms with van der Waals surface area (Å²) in [6.07, 6.45) is 0.291. The molecular weight excluding hydrogens is 460 g/mol. The molecule has 27 heavy (non-hydrogen) atoms. The van der Waals surface area contributed by atoms with E-state index >= 15 is 0 Å². The SMILES string of the molecule is CN=C(NCCC(=O)Nc1cccc(C)n1)N(C)Cc1ccc(F)cc1.I. The maximum absolute atomic E-state index is 13.0. The highest BCUT2D eigenvalue weighted by Crippen LogP contribution is 2.06. The van der Waals surface area contributed by atoms with E-state index in [-0.39, 0.29) is 35.7 Å². The quantitative estimate of drug-likeness (QED) is 0.375. The van der Waals surface area contributed by atoms with E-state index in [0.717, 1.165) is 11.3 Å². The molecule has 8 heteroatoms. The van der Waals surface area contributed by atoms with Gasteiger partial charge >= 0.3 is 0 Å². The molecule has 0 radical (unpaired) electrons. The second-order valence-corrected chi connectivity index (χ2v) is 5.92. The minimum absolute atomic E-state index is 0. The third-order valence-electron chi connectivity index (χ3n) is 3.70. The topological polar surface area (TPSA) is 69.6 Å². The van der Waals surface area contributed by atoms with Gasteiger partial charge in [0.25, 0.3) is 0 Å². The van der Waals surface area contributed by atoms with Crippen molar-refractivity contribution in [3.63, 3.8) is 0 Å². The van der Waals surface area contributed by atoms with Crippen LogP contribution in [0.15, 0.2) is 47.5 Å². The zero-order chi connectivity index (χ0) is 18.9. The van der Waals surface area contributed by atoms with Crippen LogP contribution in [0.3, 0.4) is 0 Å². The van der Waals surface area contributed by atoms with Crippen molar-refractivity contribution in [2.45, 2.75) is 19.9 Å². The van der Waals surface area contributed by atoms with Gasteiger partial charge in [-0.1, -0.05) is 18.2 Å². The fourth-order valence-electron chi connectivity index (χ4n) is 2.43. The van der Waals surface area contributed by atoms with Gasteiger partial charge in [-0.15, -0.1) is 24.0 Å². The van der Waals surface area contributed by atoms with Crippen LogP contribution in [0.4, 0.5) is 10.2 Å². The highest BCUT2D eigenvalue weighted by Gasteiger charge is 2.08. The standard InChI is InChI=1S/C19H24FN5O.HI/c1-14-5-4-6-17(23-14)24-18(26)11-12-22-19(21-2)25(3)13-15-7-9-16(20)10-8-15;/h4-10H,11-13H2,1-3H3,(H,21,22)(H,23,24,26);1H. The van der Waals surface area contributed by atoms with Gasteiger partial charge in [0.2, 0.25) is 5.91 Å². The van der Waals surface area contributed by atoms with Crippen LogP contribution >= 0.6 is 24.0 Å². The smallest absolute Gasteiger partial charge is 0.227 e. The minimum Gasteiger partial charge on any atom is -0.356 e. The predicted octanol–water partition coefficient (Wildman–Crippen LogP) is 3.18. The van der Waals surface area contributed by atoms with E-state index < -0.39 is 0 Å². The molecule has 0 atom stereocenters. The number of rotatable bonds is 6. The van der Waals surface area contributed by atoms with E-state index in [1.807, 2.05) is 31.0 Å². The summed E-state index contributed by atoms with van der Waals surface area (Å²) in [7, 11) is 3.57. The Morgan fingerprint density at radius 3 is 2.56 bits per heavy atom. The lowest BCUT2D eigenvalue weighted by atomic mass is 10.2. The van der Waals surface area contributed by atoms with Crippen LogP contribution in [0.2, 0.25) is 0 Å². The van der Waals surface area contributed by atoms with Crippen molar-refractivity contribution < 1.29 is 9.18 Å². The van der Waals surface area contributed by atoms with Gasteiger partial charge in [-0.3, -0.25) is 9.79 Å². The maximum atomic E-state index is 13.0. The lowest BCUT2D eigenvalue weighted by Gasteiger charge is -2.22. The number of aryl methyl sites for hydroxylation is 1. The number of benzene rings is 1. The molecule has 0 aliphatic heterocycles. The van der Waals surface area contributed by atoms with Crippen LogP contribution in [0, 0.1) is 12.7 Å². The number of amides is 1. The molecule has 0 saturated carbocycles. The molecule has 1 aromatic carbocycles. The highest BCUT2D eigenvalue weighted by molar-refractivity contribution is 14.0. The number of anilines is 1. The first-order valence-corrected chi connectivity index (χ1v) is 8.37. The van der Waals surface area contributed by atoms with Gasteiger partial charge in [-0.05, 0) is 36.8 Å². The highest BCUT2D eigenvalue weighted by atomic mass is 127. The number of guanidine groups is 1. The Bertz CT molecular complexity index is 767. The Kier molecular flexibility index (Phi) is 9.70. The average molecular weight is 485 g/mol. The summed E-state index contributed by atoms with van der Waals surface area (Å²) >= 11 is 0. The first kappa shape index (κ1) is 22.8. The van der Waals surface area contributed by atoms with E-state index in [4.69, 9.17) is 0 Å². The first-order chi connectivity index (χ1) is 12.5. The van der Waals surface area contributed by atoms with Crippen LogP contribution in [0.1, 0.15) is 17.7 Å². The molecule has 0 saturated heterocycles. The molecule has 0 unspecified atom stereocenters. The van der Waals surface area contributed by atoms with Gasteiger partial charge in [-0.25, -0.2) is 9.37 Å². The van der Waals surface area contributed by atoms with Gasteiger partial charge in [0.15, 0.2) is 5.96 Å². The van der Waals surface area contributed by atoms with Gasteiger partial charge in [0, 0.05) is 39.3 Å². The molecular formula is C19H25FIN5O. The number of halogens is 2. The Morgan fingerprint density at radius 2 is 1.93 bits per heavy atom. The van der Waals surface area contributed by atoms with Crippen molar-refractivity contribution in [1.82, 2.24) is 15.2 Å². The summed E-state index contributed by atoms with van der Waals surface area (Å²) in [5.74, 6) is 0.837. The summed E-state index contributed by atoms with van der Waals surface area (Å²) in [5, 5.41) is 5.92. The molecule has 0 spiro atoms. The van der Waals surface area contributed by atoms with Crippen LogP contribution in [0.25, 0.3) is 0 Å². The molecule has 0 fully saturated rings. The van der Waals surface area contributed by atoms with Crippen molar-refractivity contribution in [3.05, 3.63) is 59.5 Å².